The molecular formula is C46H53N5O5. The Hall–Kier alpha value is -4.96. The van der Waals surface area contributed by atoms with Gasteiger partial charge in [-0.1, -0.05) is 36.6 Å². The number of aromatic carboxylic acids is 1. The van der Waals surface area contributed by atoms with Gasteiger partial charge in [0, 0.05) is 75.7 Å². The van der Waals surface area contributed by atoms with Crippen LogP contribution in [0.1, 0.15) is 107 Å². The van der Waals surface area contributed by atoms with E-state index in [1.165, 1.54) is 66.5 Å². The van der Waals surface area contributed by atoms with Gasteiger partial charge in [0.15, 0.2) is 0 Å². The Bertz CT molecular complexity index is 2050. The Balaban J connectivity index is 0.794. The number of amides is 3. The van der Waals surface area contributed by atoms with Gasteiger partial charge in [0.25, 0.3) is 5.91 Å². The number of benzene rings is 3. The third kappa shape index (κ3) is 7.24. The molecule has 1 atom stereocenters. The molecule has 56 heavy (non-hydrogen) atoms. The van der Waals surface area contributed by atoms with Gasteiger partial charge < -0.3 is 19.8 Å². The van der Waals surface area contributed by atoms with Crippen LogP contribution in [0.2, 0.25) is 0 Å². The van der Waals surface area contributed by atoms with Crippen LogP contribution in [0.4, 0.5) is 11.4 Å². The summed E-state index contributed by atoms with van der Waals surface area (Å²) in [7, 11) is 0. The van der Waals surface area contributed by atoms with Gasteiger partial charge in [-0.25, -0.2) is 4.79 Å². The molecule has 0 radical (unpaired) electrons. The standard InChI is InChI=1S/C46H53N5O5/c52-42-17-16-41(44(53)47-42)51-29-35-27-37(13-15-40(35)45(51)54)50-24-22-48(23-25-50)28-30-18-20-49(21-19-30)36-11-8-32(9-12-36)43-38(31-4-1-2-5-31)7-3-6-33-26-34(46(55)56)10-14-39(33)43/h8-15,26-27,30-31,41H,1-7,16-25,28-29H2,(H,55,56)(H,47,52,53)/t41-/m0/s1. The van der Waals surface area contributed by atoms with Gasteiger partial charge in [0.1, 0.15) is 6.04 Å². The minimum atomic E-state index is -0.857. The van der Waals surface area contributed by atoms with Crippen LogP contribution in [-0.2, 0) is 22.6 Å². The molecule has 2 N–H and O–H groups in total. The zero-order valence-corrected chi connectivity index (χ0v) is 32.3. The number of rotatable bonds is 8. The van der Waals surface area contributed by atoms with Crippen molar-refractivity contribution in [3.63, 3.8) is 0 Å². The fraction of sp³-hybridized carbons (Fsp3) is 0.478. The molecule has 10 nitrogen and oxygen atoms in total. The fourth-order valence-electron chi connectivity index (χ4n) is 10.5. The zero-order valence-electron chi connectivity index (χ0n) is 32.3. The second-order valence-electron chi connectivity index (χ2n) is 16.9. The number of carbonyl (C=O) groups is 4. The Labute approximate surface area is 329 Å². The Morgan fingerprint density at radius 3 is 2.14 bits per heavy atom. The number of carbonyl (C=O) groups excluding carboxylic acids is 3. The number of hydrogen-bond donors (Lipinski definition) is 2. The van der Waals surface area contributed by atoms with Gasteiger partial charge in [0.05, 0.1) is 5.56 Å². The summed E-state index contributed by atoms with van der Waals surface area (Å²) in [6.45, 7) is 7.56. The molecule has 1 saturated carbocycles. The summed E-state index contributed by atoms with van der Waals surface area (Å²) in [6, 6.07) is 20.5. The number of fused-ring (bicyclic) bond motifs is 2. The van der Waals surface area contributed by atoms with Crippen LogP contribution in [0.25, 0.3) is 5.57 Å². The van der Waals surface area contributed by atoms with Crippen molar-refractivity contribution >= 4 is 40.6 Å². The van der Waals surface area contributed by atoms with Crippen LogP contribution in [0.15, 0.2) is 66.2 Å². The van der Waals surface area contributed by atoms with Crippen LogP contribution in [-0.4, -0.2) is 90.5 Å². The highest BCUT2D eigenvalue weighted by molar-refractivity contribution is 6.05. The maximum absolute atomic E-state index is 13.2. The lowest BCUT2D eigenvalue weighted by Crippen LogP contribution is -2.52. The third-order valence-electron chi connectivity index (χ3n) is 13.6. The Morgan fingerprint density at radius 1 is 0.696 bits per heavy atom. The summed E-state index contributed by atoms with van der Waals surface area (Å²) in [6.07, 6.45) is 11.2. The molecule has 4 aliphatic heterocycles. The first-order chi connectivity index (χ1) is 27.3. The molecule has 3 aromatic rings. The highest BCUT2D eigenvalue weighted by atomic mass is 16.4. The number of aryl methyl sites for hydroxylation is 1. The van der Waals surface area contributed by atoms with Crippen molar-refractivity contribution in [2.75, 3.05) is 55.6 Å². The summed E-state index contributed by atoms with van der Waals surface area (Å²) in [4.78, 5) is 58.3. The number of hydrogen-bond acceptors (Lipinski definition) is 7. The molecule has 4 fully saturated rings. The average Bonchev–Trinajstić information content (AvgIpc) is 3.82. The van der Waals surface area contributed by atoms with Crippen molar-refractivity contribution in [2.24, 2.45) is 11.8 Å². The number of nitrogens with zero attached hydrogens (tertiary/aromatic N) is 4. The van der Waals surface area contributed by atoms with Crippen molar-refractivity contribution in [3.05, 3.63) is 99.6 Å². The normalized spacial score (nSPS) is 22.7. The molecule has 4 heterocycles. The number of carboxylic acid groups (broad SMARTS) is 1. The number of anilines is 2. The average molecular weight is 756 g/mol. The van der Waals surface area contributed by atoms with Gasteiger partial charge in [0.2, 0.25) is 11.8 Å². The minimum Gasteiger partial charge on any atom is -0.478 e. The smallest absolute Gasteiger partial charge is 0.335 e. The fourth-order valence-corrected chi connectivity index (χ4v) is 10.5. The van der Waals surface area contributed by atoms with Crippen molar-refractivity contribution in [3.8, 4) is 0 Å². The first-order valence-electron chi connectivity index (χ1n) is 21.0. The predicted molar refractivity (Wildman–Crippen MR) is 217 cm³/mol. The van der Waals surface area contributed by atoms with E-state index in [0.717, 1.165) is 76.3 Å². The maximum Gasteiger partial charge on any atom is 0.335 e. The van der Waals surface area contributed by atoms with E-state index in [4.69, 9.17) is 0 Å². The topological polar surface area (TPSA) is 114 Å². The van der Waals surface area contributed by atoms with Gasteiger partial charge in [-0.3, -0.25) is 24.6 Å². The lowest BCUT2D eigenvalue weighted by Gasteiger charge is -2.40. The highest BCUT2D eigenvalue weighted by Gasteiger charge is 2.39. The van der Waals surface area contributed by atoms with Gasteiger partial charge in [-0.15, -0.1) is 0 Å². The largest absolute Gasteiger partial charge is 0.478 e. The Kier molecular flexibility index (Phi) is 10.2. The third-order valence-corrected chi connectivity index (χ3v) is 13.6. The van der Waals surface area contributed by atoms with E-state index in [0.29, 0.717) is 35.9 Å². The molecule has 3 amide bonds. The number of imide groups is 1. The van der Waals surface area contributed by atoms with E-state index in [1.54, 1.807) is 16.5 Å². The lowest BCUT2D eigenvalue weighted by molar-refractivity contribution is -0.136. The van der Waals surface area contributed by atoms with E-state index in [-0.39, 0.29) is 24.1 Å². The molecule has 0 unspecified atom stereocenters. The summed E-state index contributed by atoms with van der Waals surface area (Å²) in [5, 5.41) is 12.1. The molecule has 9 rings (SSSR count). The quantitative estimate of drug-likeness (QED) is 0.250. The monoisotopic (exact) mass is 755 g/mol. The van der Waals surface area contributed by atoms with Gasteiger partial charge in [-0.05, 0) is 133 Å². The molecular weight excluding hydrogens is 703 g/mol. The van der Waals surface area contributed by atoms with Gasteiger partial charge >= 0.3 is 5.97 Å². The van der Waals surface area contributed by atoms with Crippen molar-refractivity contribution in [1.82, 2.24) is 15.1 Å². The number of piperidine rings is 2. The van der Waals surface area contributed by atoms with Crippen molar-refractivity contribution < 1.29 is 24.3 Å². The zero-order chi connectivity index (χ0) is 38.3. The van der Waals surface area contributed by atoms with E-state index in [9.17, 15) is 24.3 Å². The van der Waals surface area contributed by atoms with Crippen LogP contribution in [0.3, 0.4) is 0 Å². The van der Waals surface area contributed by atoms with E-state index < -0.39 is 12.0 Å². The lowest BCUT2D eigenvalue weighted by atomic mass is 9.84. The van der Waals surface area contributed by atoms with Crippen LogP contribution < -0.4 is 15.1 Å². The van der Waals surface area contributed by atoms with Crippen LogP contribution in [0.5, 0.6) is 0 Å². The molecule has 0 spiro atoms. The second kappa shape index (κ2) is 15.5. The molecule has 0 bridgehead atoms. The molecule has 292 valence electrons. The first-order valence-corrected chi connectivity index (χ1v) is 21.0. The summed E-state index contributed by atoms with van der Waals surface area (Å²) < 4.78 is 0. The summed E-state index contributed by atoms with van der Waals surface area (Å²) in [5.74, 6) is -0.319. The predicted octanol–water partition coefficient (Wildman–Crippen LogP) is 6.51. The number of piperazine rings is 1. The molecule has 6 aliphatic rings. The minimum absolute atomic E-state index is 0.125. The van der Waals surface area contributed by atoms with Crippen molar-refractivity contribution in [1.29, 1.82) is 0 Å². The first kappa shape index (κ1) is 36.7. The molecule has 3 aromatic carbocycles. The Morgan fingerprint density at radius 2 is 1.41 bits per heavy atom. The van der Waals surface area contributed by atoms with E-state index in [1.807, 2.05) is 18.2 Å². The second-order valence-corrected chi connectivity index (χ2v) is 16.9. The van der Waals surface area contributed by atoms with Crippen LogP contribution >= 0.6 is 0 Å². The molecule has 10 heteroatoms. The van der Waals surface area contributed by atoms with Crippen molar-refractivity contribution in [2.45, 2.75) is 83.2 Å². The van der Waals surface area contributed by atoms with E-state index in [2.05, 4.69) is 56.4 Å². The molecule has 0 aromatic heterocycles. The van der Waals surface area contributed by atoms with E-state index >= 15 is 0 Å². The molecule has 2 aliphatic carbocycles. The van der Waals surface area contributed by atoms with Gasteiger partial charge in [-0.2, -0.15) is 0 Å². The molecule has 3 saturated heterocycles. The maximum atomic E-state index is 13.2. The summed E-state index contributed by atoms with van der Waals surface area (Å²) >= 11 is 0. The summed E-state index contributed by atoms with van der Waals surface area (Å²) in [5.41, 5.74) is 11.0. The number of carboxylic acids is 1. The van der Waals surface area contributed by atoms with Crippen LogP contribution in [0, 0.1) is 11.8 Å². The number of allylic oxidation sites excluding steroid dienone is 1. The number of nitrogens with one attached hydrogen (secondary N) is 1. The SMILES string of the molecule is O=C1CC[C@H](N2Cc3cc(N4CCN(CC5CCN(c6ccc(C7=C(C8CCCC8)CCCc8cc(C(=O)O)ccc87)cc6)CC5)CC4)ccc3C2=O)C(=O)N1. The highest BCUT2D eigenvalue weighted by Crippen LogP contribution is 2.44.